The fraction of sp³-hybridized carbons (Fsp3) is 0.833. The summed E-state index contributed by atoms with van der Waals surface area (Å²) >= 11 is 0. The van der Waals surface area contributed by atoms with Gasteiger partial charge in [0, 0.05) is 6.04 Å². The zero-order valence-electron chi connectivity index (χ0n) is 5.85. The first kappa shape index (κ1) is 6.39. The molecule has 1 aliphatic rings. The average molecular weight is 128 g/mol. The first-order valence-corrected chi connectivity index (χ1v) is 3.23. The van der Waals surface area contributed by atoms with Gasteiger partial charge in [-0.3, -0.25) is 0 Å². The monoisotopic (exact) mass is 128 g/mol. The zero-order chi connectivity index (χ0) is 6.69. The van der Waals surface area contributed by atoms with Crippen molar-refractivity contribution in [2.75, 3.05) is 13.2 Å². The van der Waals surface area contributed by atoms with E-state index in [1.807, 2.05) is 0 Å². The predicted octanol–water partition coefficient (Wildman–Crippen LogP) is 0.371. The van der Waals surface area contributed by atoms with Gasteiger partial charge in [0.2, 0.25) is 0 Å². The maximum atomic E-state index is 5.10. The van der Waals surface area contributed by atoms with Gasteiger partial charge in [-0.15, -0.1) is 0 Å². The molecule has 1 aliphatic heterocycles. The number of nitrogens with zero attached hydrogens (tertiary/aromatic N) is 1. The van der Waals surface area contributed by atoms with Gasteiger partial charge in [0.15, 0.2) is 0 Å². The number of hydrogen-bond acceptors (Lipinski definition) is 3. The van der Waals surface area contributed by atoms with Crippen molar-refractivity contribution >= 4 is 6.02 Å². The lowest BCUT2D eigenvalue weighted by atomic mass is 10.4. The van der Waals surface area contributed by atoms with Gasteiger partial charge in [-0.1, -0.05) is 0 Å². The largest absolute Gasteiger partial charge is 0.463 e. The smallest absolute Gasteiger partial charge is 0.284 e. The second-order valence-electron chi connectivity index (χ2n) is 2.33. The highest BCUT2D eigenvalue weighted by molar-refractivity contribution is 5.74. The van der Waals surface area contributed by atoms with Crippen LogP contribution < -0.4 is 5.32 Å². The lowest BCUT2D eigenvalue weighted by Gasteiger charge is -2.07. The number of nitrogens with one attached hydrogen (secondary N) is 1. The zero-order valence-corrected chi connectivity index (χ0v) is 5.85. The van der Waals surface area contributed by atoms with Gasteiger partial charge in [-0.25, -0.2) is 4.99 Å². The van der Waals surface area contributed by atoms with Crippen molar-refractivity contribution in [3.8, 4) is 0 Å². The molecule has 0 aromatic rings. The topological polar surface area (TPSA) is 33.6 Å². The fourth-order valence-electron chi connectivity index (χ4n) is 0.669. The van der Waals surface area contributed by atoms with Crippen LogP contribution >= 0.6 is 0 Å². The van der Waals surface area contributed by atoms with Crippen molar-refractivity contribution in [3.63, 3.8) is 0 Å². The second kappa shape index (κ2) is 2.71. The van der Waals surface area contributed by atoms with Crippen LogP contribution in [0.5, 0.6) is 0 Å². The highest BCUT2D eigenvalue weighted by Crippen LogP contribution is 1.91. The molecule has 0 unspecified atom stereocenters. The molecule has 0 radical (unpaired) electrons. The van der Waals surface area contributed by atoms with Crippen LogP contribution in [0.4, 0.5) is 0 Å². The molecule has 0 saturated carbocycles. The lowest BCUT2D eigenvalue weighted by Crippen LogP contribution is -2.30. The summed E-state index contributed by atoms with van der Waals surface area (Å²) in [5.41, 5.74) is 0. The molecule has 0 atom stereocenters. The number of hydrogen-bond donors (Lipinski definition) is 1. The highest BCUT2D eigenvalue weighted by atomic mass is 16.5. The van der Waals surface area contributed by atoms with Gasteiger partial charge in [-0.2, -0.15) is 0 Å². The van der Waals surface area contributed by atoms with Gasteiger partial charge in [-0.05, 0) is 13.8 Å². The summed E-state index contributed by atoms with van der Waals surface area (Å²) in [7, 11) is 0. The summed E-state index contributed by atoms with van der Waals surface area (Å²) in [5.74, 6) is 0. The number of amidine groups is 1. The van der Waals surface area contributed by atoms with Crippen LogP contribution in [-0.2, 0) is 4.74 Å². The molecule has 0 saturated heterocycles. The van der Waals surface area contributed by atoms with E-state index in [1.54, 1.807) is 0 Å². The summed E-state index contributed by atoms with van der Waals surface area (Å²) < 4.78 is 5.10. The standard InChI is InChI=1S/C6H12N2O/c1-5(2)8-6-7-3-4-9-6/h5H,3-4H2,1-2H3,(H,7,8). The molecular weight excluding hydrogens is 116 g/mol. The summed E-state index contributed by atoms with van der Waals surface area (Å²) in [5, 5.41) is 3.07. The molecule has 0 bridgehead atoms. The third-order valence-corrected chi connectivity index (χ3v) is 0.998. The van der Waals surface area contributed by atoms with E-state index in [0.29, 0.717) is 12.1 Å². The predicted molar refractivity (Wildman–Crippen MR) is 36.5 cm³/mol. The maximum Gasteiger partial charge on any atom is 0.284 e. The van der Waals surface area contributed by atoms with Crippen molar-refractivity contribution in [2.24, 2.45) is 4.99 Å². The first-order chi connectivity index (χ1) is 4.29. The second-order valence-corrected chi connectivity index (χ2v) is 2.33. The summed E-state index contributed by atoms with van der Waals surface area (Å²) in [6.07, 6.45) is 0. The number of rotatable bonds is 1. The normalized spacial score (nSPS) is 17.4. The molecule has 0 aromatic heterocycles. The molecule has 0 spiro atoms. The van der Waals surface area contributed by atoms with Crippen molar-refractivity contribution in [2.45, 2.75) is 19.9 Å². The first-order valence-electron chi connectivity index (χ1n) is 3.23. The van der Waals surface area contributed by atoms with Crippen molar-refractivity contribution in [1.82, 2.24) is 5.32 Å². The van der Waals surface area contributed by atoms with E-state index >= 15 is 0 Å². The van der Waals surface area contributed by atoms with E-state index in [2.05, 4.69) is 24.2 Å². The Bertz CT molecular complexity index is 120. The molecule has 52 valence electrons. The minimum Gasteiger partial charge on any atom is -0.463 e. The molecule has 0 aliphatic carbocycles. The number of ether oxygens (including phenoxy) is 1. The van der Waals surface area contributed by atoms with E-state index in [0.717, 1.165) is 13.2 Å². The van der Waals surface area contributed by atoms with Crippen LogP contribution in [0.15, 0.2) is 4.99 Å². The fourth-order valence-corrected chi connectivity index (χ4v) is 0.669. The Kier molecular flexibility index (Phi) is 1.92. The van der Waals surface area contributed by atoms with Crippen LogP contribution in [0, 0.1) is 0 Å². The third kappa shape index (κ3) is 1.91. The molecule has 3 nitrogen and oxygen atoms in total. The molecule has 0 fully saturated rings. The third-order valence-electron chi connectivity index (χ3n) is 0.998. The summed E-state index contributed by atoms with van der Waals surface area (Å²) in [6, 6.07) is 1.12. The van der Waals surface area contributed by atoms with Crippen LogP contribution in [0.3, 0.4) is 0 Å². The van der Waals surface area contributed by atoms with Crippen LogP contribution in [-0.4, -0.2) is 25.2 Å². The van der Waals surface area contributed by atoms with E-state index in [-0.39, 0.29) is 0 Å². The van der Waals surface area contributed by atoms with Crippen molar-refractivity contribution in [3.05, 3.63) is 0 Å². The van der Waals surface area contributed by atoms with Gasteiger partial charge >= 0.3 is 0 Å². The van der Waals surface area contributed by atoms with E-state index < -0.39 is 0 Å². The molecule has 1 rings (SSSR count). The van der Waals surface area contributed by atoms with Crippen molar-refractivity contribution < 1.29 is 4.74 Å². The maximum absolute atomic E-state index is 5.10. The SMILES string of the molecule is CC(C)NC1=NCCO1. The Labute approximate surface area is 55.1 Å². The minimum absolute atomic E-state index is 0.418. The summed E-state index contributed by atoms with van der Waals surface area (Å²) in [6.45, 7) is 5.65. The van der Waals surface area contributed by atoms with E-state index in [4.69, 9.17) is 4.74 Å². The lowest BCUT2D eigenvalue weighted by molar-refractivity contribution is 0.328. The molecule has 0 aromatic carbocycles. The van der Waals surface area contributed by atoms with Gasteiger partial charge < -0.3 is 10.1 Å². The van der Waals surface area contributed by atoms with Gasteiger partial charge in [0.25, 0.3) is 6.02 Å². The molecule has 1 N–H and O–H groups in total. The van der Waals surface area contributed by atoms with Gasteiger partial charge in [0.1, 0.15) is 6.61 Å². The van der Waals surface area contributed by atoms with Crippen molar-refractivity contribution in [1.29, 1.82) is 0 Å². The Hall–Kier alpha value is -0.730. The Morgan fingerprint density at radius 3 is 2.89 bits per heavy atom. The Balaban J connectivity index is 2.26. The Morgan fingerprint density at radius 2 is 2.44 bits per heavy atom. The molecule has 9 heavy (non-hydrogen) atoms. The van der Waals surface area contributed by atoms with Crippen LogP contribution in [0.2, 0.25) is 0 Å². The Morgan fingerprint density at radius 1 is 1.67 bits per heavy atom. The highest BCUT2D eigenvalue weighted by Gasteiger charge is 2.06. The average Bonchev–Trinajstić information content (AvgIpc) is 2.15. The minimum atomic E-state index is 0.418. The van der Waals surface area contributed by atoms with Crippen LogP contribution in [0.25, 0.3) is 0 Å². The molecule has 3 heteroatoms. The molecular formula is C6H12N2O. The molecule has 1 heterocycles. The van der Waals surface area contributed by atoms with E-state index in [1.165, 1.54) is 0 Å². The van der Waals surface area contributed by atoms with Crippen LogP contribution in [0.1, 0.15) is 13.8 Å². The quantitative estimate of drug-likeness (QED) is 0.553. The molecule has 0 amide bonds. The van der Waals surface area contributed by atoms with Gasteiger partial charge in [0.05, 0.1) is 6.54 Å². The van der Waals surface area contributed by atoms with E-state index in [9.17, 15) is 0 Å². The summed E-state index contributed by atoms with van der Waals surface area (Å²) in [4.78, 5) is 4.06. The number of aliphatic imine (C=N–C) groups is 1.